The van der Waals surface area contributed by atoms with Crippen molar-refractivity contribution in [1.29, 1.82) is 0 Å². The van der Waals surface area contributed by atoms with Crippen LogP contribution in [0.4, 0.5) is 5.95 Å². The van der Waals surface area contributed by atoms with Gasteiger partial charge < -0.3 is 5.11 Å². The molecule has 5 nitrogen and oxygen atoms in total. The van der Waals surface area contributed by atoms with E-state index < -0.39 is 5.60 Å². The first-order valence-electron chi connectivity index (χ1n) is 7.88. The lowest BCUT2D eigenvalue weighted by Gasteiger charge is -2.60. The molecule has 22 heavy (non-hydrogen) atoms. The summed E-state index contributed by atoms with van der Waals surface area (Å²) in [6.45, 7) is 0. The van der Waals surface area contributed by atoms with Gasteiger partial charge >= 0.3 is 0 Å². The molecule has 120 valence electrons. The van der Waals surface area contributed by atoms with E-state index in [0.717, 1.165) is 36.4 Å². The molecule has 4 fully saturated rings. The molecule has 4 aliphatic rings. The smallest absolute Gasteiger partial charge is 0.242 e. The van der Waals surface area contributed by atoms with Gasteiger partial charge in [-0.05, 0) is 73.6 Å². The SMILES string of the molecule is CSc1nc(NC(=O)CC23CC4CC(CC(O)(C4)C2)C3)ns1. The van der Waals surface area contributed by atoms with Crippen molar-refractivity contribution in [2.45, 2.75) is 54.9 Å². The zero-order valence-corrected chi connectivity index (χ0v) is 14.3. The van der Waals surface area contributed by atoms with Crippen LogP contribution in [0.3, 0.4) is 0 Å². The van der Waals surface area contributed by atoms with Crippen molar-refractivity contribution < 1.29 is 9.90 Å². The highest BCUT2D eigenvalue weighted by atomic mass is 32.2. The van der Waals surface area contributed by atoms with Crippen LogP contribution >= 0.6 is 23.3 Å². The number of rotatable bonds is 4. The summed E-state index contributed by atoms with van der Waals surface area (Å²) in [5.74, 6) is 1.64. The lowest BCUT2D eigenvalue weighted by molar-refractivity contribution is -0.167. The van der Waals surface area contributed by atoms with E-state index in [0.29, 0.717) is 24.2 Å². The summed E-state index contributed by atoms with van der Waals surface area (Å²) in [5, 5.41) is 13.6. The van der Waals surface area contributed by atoms with E-state index in [9.17, 15) is 9.90 Å². The maximum Gasteiger partial charge on any atom is 0.242 e. The average Bonchev–Trinajstić information content (AvgIpc) is 2.82. The maximum atomic E-state index is 12.4. The van der Waals surface area contributed by atoms with Crippen molar-refractivity contribution in [2.75, 3.05) is 11.6 Å². The lowest BCUT2D eigenvalue weighted by Crippen LogP contribution is -2.56. The van der Waals surface area contributed by atoms with Crippen LogP contribution in [0.15, 0.2) is 4.34 Å². The Hall–Kier alpha value is -0.660. The number of thioether (sulfide) groups is 1. The molecule has 2 atom stereocenters. The molecule has 0 aliphatic heterocycles. The molecule has 0 spiro atoms. The predicted octanol–water partition coefficient (Wildman–Crippen LogP) is 2.92. The second-order valence-electron chi connectivity index (χ2n) is 7.50. The fourth-order valence-electron chi connectivity index (χ4n) is 5.46. The van der Waals surface area contributed by atoms with Gasteiger partial charge in [0.25, 0.3) is 0 Å². The minimum absolute atomic E-state index is 0.00126. The molecular formula is C15H21N3O2S2. The molecule has 0 aromatic carbocycles. The van der Waals surface area contributed by atoms with E-state index in [1.54, 1.807) is 0 Å². The maximum absolute atomic E-state index is 12.4. The number of anilines is 1. The highest BCUT2D eigenvalue weighted by Crippen LogP contribution is 2.62. The third-order valence-electron chi connectivity index (χ3n) is 5.52. The molecule has 4 aliphatic carbocycles. The topological polar surface area (TPSA) is 75.1 Å². The first-order valence-corrected chi connectivity index (χ1v) is 9.87. The number of carbonyl (C=O) groups is 1. The second kappa shape index (κ2) is 5.18. The van der Waals surface area contributed by atoms with E-state index in [1.165, 1.54) is 29.7 Å². The van der Waals surface area contributed by atoms with Gasteiger partial charge in [-0.15, -0.1) is 0 Å². The van der Waals surface area contributed by atoms with Gasteiger partial charge in [0.2, 0.25) is 11.9 Å². The number of carbonyl (C=O) groups excluding carboxylic acids is 1. The number of aliphatic hydroxyl groups is 1. The number of nitrogens with one attached hydrogen (secondary N) is 1. The van der Waals surface area contributed by atoms with E-state index in [4.69, 9.17) is 0 Å². The first kappa shape index (κ1) is 14.9. The molecule has 0 radical (unpaired) electrons. The van der Waals surface area contributed by atoms with E-state index in [1.807, 2.05) is 6.26 Å². The number of nitrogens with zero attached hydrogens (tertiary/aromatic N) is 2. The third kappa shape index (κ3) is 2.67. The molecular weight excluding hydrogens is 318 g/mol. The van der Waals surface area contributed by atoms with Gasteiger partial charge in [-0.2, -0.15) is 9.36 Å². The van der Waals surface area contributed by atoms with Crippen LogP contribution in [-0.4, -0.2) is 32.2 Å². The standard InChI is InChI=1S/C15H21N3O2S2/c1-21-13-17-12(18-22-13)16-11(19)7-14-3-9-2-10(4-14)6-15(20,5-9)8-14/h9-10,20H,2-8H2,1H3,(H,16,18,19). The summed E-state index contributed by atoms with van der Waals surface area (Å²) in [7, 11) is 0. The van der Waals surface area contributed by atoms with E-state index in [-0.39, 0.29) is 11.3 Å². The van der Waals surface area contributed by atoms with Gasteiger partial charge in [0, 0.05) is 6.42 Å². The number of amides is 1. The molecule has 2 unspecified atom stereocenters. The third-order valence-corrected chi connectivity index (χ3v) is 7.20. The monoisotopic (exact) mass is 339 g/mol. The minimum Gasteiger partial charge on any atom is -0.390 e. The highest BCUT2D eigenvalue weighted by Gasteiger charge is 2.57. The van der Waals surface area contributed by atoms with Gasteiger partial charge in [0.1, 0.15) is 0 Å². The quantitative estimate of drug-likeness (QED) is 0.825. The Morgan fingerprint density at radius 3 is 2.73 bits per heavy atom. The van der Waals surface area contributed by atoms with Crippen LogP contribution in [0.25, 0.3) is 0 Å². The van der Waals surface area contributed by atoms with Crippen LogP contribution in [0.5, 0.6) is 0 Å². The second-order valence-corrected chi connectivity index (χ2v) is 9.30. The van der Waals surface area contributed by atoms with Gasteiger partial charge in [0.05, 0.1) is 5.60 Å². The summed E-state index contributed by atoms with van der Waals surface area (Å²) in [6, 6.07) is 0. The Morgan fingerprint density at radius 2 is 2.14 bits per heavy atom. The van der Waals surface area contributed by atoms with E-state index >= 15 is 0 Å². The fraction of sp³-hybridized carbons (Fsp3) is 0.800. The summed E-state index contributed by atoms with van der Waals surface area (Å²) in [4.78, 5) is 16.7. The van der Waals surface area contributed by atoms with Crippen molar-refractivity contribution >= 4 is 35.1 Å². The first-order chi connectivity index (χ1) is 10.5. The highest BCUT2D eigenvalue weighted by molar-refractivity contribution is 8.00. The van der Waals surface area contributed by atoms with Crippen LogP contribution in [0.2, 0.25) is 0 Å². The Kier molecular flexibility index (Phi) is 3.51. The minimum atomic E-state index is -0.505. The largest absolute Gasteiger partial charge is 0.390 e. The van der Waals surface area contributed by atoms with Crippen LogP contribution in [0, 0.1) is 17.3 Å². The van der Waals surface area contributed by atoms with Crippen molar-refractivity contribution in [3.8, 4) is 0 Å². The van der Waals surface area contributed by atoms with Gasteiger partial charge in [-0.1, -0.05) is 11.8 Å². The van der Waals surface area contributed by atoms with Crippen LogP contribution in [0.1, 0.15) is 44.9 Å². The van der Waals surface area contributed by atoms with Crippen molar-refractivity contribution in [2.24, 2.45) is 17.3 Å². The summed E-state index contributed by atoms with van der Waals surface area (Å²) >= 11 is 2.84. The fourth-order valence-corrected chi connectivity index (χ4v) is 6.43. The molecule has 1 amide bonds. The molecule has 7 heteroatoms. The van der Waals surface area contributed by atoms with Crippen LogP contribution in [-0.2, 0) is 4.79 Å². The van der Waals surface area contributed by atoms with E-state index in [2.05, 4.69) is 14.7 Å². The lowest BCUT2D eigenvalue weighted by atomic mass is 9.47. The number of aromatic nitrogens is 2. The number of hydrogen-bond donors (Lipinski definition) is 2. The Morgan fingerprint density at radius 1 is 1.41 bits per heavy atom. The zero-order valence-electron chi connectivity index (χ0n) is 12.7. The summed E-state index contributed by atoms with van der Waals surface area (Å²) in [5.41, 5.74) is -0.503. The predicted molar refractivity (Wildman–Crippen MR) is 87.0 cm³/mol. The molecule has 4 saturated carbocycles. The molecule has 0 saturated heterocycles. The summed E-state index contributed by atoms with van der Waals surface area (Å²) in [6.07, 6.45) is 8.56. The molecule has 4 bridgehead atoms. The molecule has 1 aromatic heterocycles. The van der Waals surface area contributed by atoms with Gasteiger partial charge in [-0.25, -0.2) is 0 Å². The van der Waals surface area contributed by atoms with Crippen molar-refractivity contribution in [3.05, 3.63) is 0 Å². The molecule has 1 aromatic rings. The zero-order chi connectivity index (χ0) is 15.4. The molecule has 2 N–H and O–H groups in total. The van der Waals surface area contributed by atoms with Crippen molar-refractivity contribution in [3.63, 3.8) is 0 Å². The Labute approximate surface area is 138 Å². The normalized spacial score (nSPS) is 39.2. The van der Waals surface area contributed by atoms with Crippen LogP contribution < -0.4 is 5.32 Å². The average molecular weight is 339 g/mol. The van der Waals surface area contributed by atoms with Crippen molar-refractivity contribution in [1.82, 2.24) is 9.36 Å². The molecule has 5 rings (SSSR count). The number of hydrogen-bond acceptors (Lipinski definition) is 6. The molecule has 1 heterocycles. The van der Waals surface area contributed by atoms with Gasteiger partial charge in [-0.3, -0.25) is 10.1 Å². The summed E-state index contributed by atoms with van der Waals surface area (Å²) < 4.78 is 5.02. The van der Waals surface area contributed by atoms with Gasteiger partial charge in [0.15, 0.2) is 4.34 Å². The Bertz CT molecular complexity index is 589. The Balaban J connectivity index is 1.45.